The average Bonchev–Trinajstić information content (AvgIpc) is 2.16. The summed E-state index contributed by atoms with van der Waals surface area (Å²) in [7, 11) is 0. The molecule has 0 aromatic rings. The van der Waals surface area contributed by atoms with Crippen molar-refractivity contribution in [3.8, 4) is 11.8 Å². The molecule has 0 N–H and O–H groups in total. The fraction of sp³-hybridized carbons (Fsp3) is 0.692. The molecule has 0 aliphatic carbocycles. The number of hydrogen-bond donors (Lipinski definition) is 0. The van der Waals surface area contributed by atoms with Gasteiger partial charge >= 0.3 is 0 Å². The van der Waals surface area contributed by atoms with Crippen molar-refractivity contribution in [2.45, 2.75) is 58.3 Å². The van der Waals surface area contributed by atoms with E-state index in [1.54, 1.807) is 0 Å². The van der Waals surface area contributed by atoms with Crippen molar-refractivity contribution in [1.82, 2.24) is 0 Å². The molecule has 0 radical (unpaired) electrons. The number of unbranched alkanes of at least 4 members (excludes halogenated alkanes) is 6. The van der Waals surface area contributed by atoms with Crippen molar-refractivity contribution in [2.24, 2.45) is 0 Å². The summed E-state index contributed by atoms with van der Waals surface area (Å²) in [6, 6.07) is 0. The Morgan fingerprint density at radius 2 is 1.69 bits per heavy atom. The van der Waals surface area contributed by atoms with Gasteiger partial charge in [0, 0.05) is 12.8 Å². The minimum absolute atomic E-state index is 1.07. The van der Waals surface area contributed by atoms with Crippen LogP contribution < -0.4 is 0 Å². The zero-order valence-electron chi connectivity index (χ0n) is 8.94. The number of allylic oxidation sites excluding steroid dienone is 1. The predicted octanol–water partition coefficient (Wildman–Crippen LogP) is 4.32. The Morgan fingerprint density at radius 3 is 2.38 bits per heavy atom. The zero-order chi connectivity index (χ0) is 9.78. The maximum absolute atomic E-state index is 3.71. The molecule has 0 rings (SSSR count). The number of rotatable bonds is 7. The molecule has 0 nitrogen and oxygen atoms in total. The largest absolute Gasteiger partial charge is 0.103 e. The highest BCUT2D eigenvalue weighted by Gasteiger charge is 1.86. The van der Waals surface area contributed by atoms with Crippen molar-refractivity contribution >= 4 is 0 Å². The summed E-state index contributed by atoms with van der Waals surface area (Å²) in [5.41, 5.74) is 0. The maximum Gasteiger partial charge on any atom is 0.00886 e. The molecule has 0 aliphatic heterocycles. The first-order chi connectivity index (χ1) is 6.41. The molecular formula is C13H22. The lowest BCUT2D eigenvalue weighted by Gasteiger charge is -1.94. The Kier molecular flexibility index (Phi) is 10.7. The lowest BCUT2D eigenvalue weighted by Crippen LogP contribution is -1.76. The van der Waals surface area contributed by atoms with Crippen LogP contribution in [0.2, 0.25) is 0 Å². The molecule has 0 saturated heterocycles. The van der Waals surface area contributed by atoms with Crippen LogP contribution in [-0.4, -0.2) is 0 Å². The minimum atomic E-state index is 1.07. The fourth-order valence-corrected chi connectivity index (χ4v) is 1.16. The Hall–Kier alpha value is -0.700. The molecule has 0 aromatic carbocycles. The summed E-state index contributed by atoms with van der Waals surface area (Å²) in [5.74, 6) is 6.38. The summed E-state index contributed by atoms with van der Waals surface area (Å²) < 4.78 is 0. The highest BCUT2D eigenvalue weighted by Crippen LogP contribution is 2.04. The van der Waals surface area contributed by atoms with Crippen LogP contribution in [0.15, 0.2) is 12.7 Å². The molecule has 0 heteroatoms. The highest BCUT2D eigenvalue weighted by molar-refractivity contribution is 4.98. The van der Waals surface area contributed by atoms with Crippen molar-refractivity contribution < 1.29 is 0 Å². The van der Waals surface area contributed by atoms with Crippen LogP contribution in [0.5, 0.6) is 0 Å². The molecule has 0 saturated carbocycles. The first-order valence-corrected chi connectivity index (χ1v) is 5.48. The van der Waals surface area contributed by atoms with E-state index >= 15 is 0 Å². The standard InChI is InChI=1S/C13H22/c1-3-5-7-9-11-13-12-10-8-6-4-2/h3H,1,4-7,9,11-13H2,2H3. The molecule has 0 heterocycles. The predicted molar refractivity (Wildman–Crippen MR) is 60.6 cm³/mol. The van der Waals surface area contributed by atoms with Crippen LogP contribution in [0, 0.1) is 11.8 Å². The van der Waals surface area contributed by atoms with Crippen molar-refractivity contribution in [1.29, 1.82) is 0 Å². The van der Waals surface area contributed by atoms with E-state index in [1.165, 1.54) is 38.5 Å². The van der Waals surface area contributed by atoms with Gasteiger partial charge in [-0.15, -0.1) is 18.4 Å². The summed E-state index contributed by atoms with van der Waals surface area (Å²) in [6.45, 7) is 5.88. The Bertz CT molecular complexity index is 157. The maximum atomic E-state index is 3.71. The molecule has 0 spiro atoms. The van der Waals surface area contributed by atoms with E-state index in [2.05, 4.69) is 25.3 Å². The highest BCUT2D eigenvalue weighted by atomic mass is 13.9. The zero-order valence-corrected chi connectivity index (χ0v) is 8.94. The lowest BCUT2D eigenvalue weighted by molar-refractivity contribution is 0.656. The summed E-state index contributed by atoms with van der Waals surface area (Å²) in [6.07, 6.45) is 11.7. The van der Waals surface area contributed by atoms with E-state index in [9.17, 15) is 0 Å². The Labute approximate surface area is 83.4 Å². The molecule has 74 valence electrons. The molecular weight excluding hydrogens is 156 g/mol. The molecule has 0 fully saturated rings. The smallest absolute Gasteiger partial charge is 0.00886 e. The van der Waals surface area contributed by atoms with Gasteiger partial charge in [0.25, 0.3) is 0 Å². The van der Waals surface area contributed by atoms with Gasteiger partial charge in [-0.25, -0.2) is 0 Å². The van der Waals surface area contributed by atoms with Crippen LogP contribution in [0.1, 0.15) is 58.3 Å². The third-order valence-corrected chi connectivity index (χ3v) is 1.96. The Balaban J connectivity index is 3.00. The van der Waals surface area contributed by atoms with E-state index in [0.717, 1.165) is 12.8 Å². The van der Waals surface area contributed by atoms with Gasteiger partial charge in [0.05, 0.1) is 0 Å². The summed E-state index contributed by atoms with van der Waals surface area (Å²) in [5, 5.41) is 0. The van der Waals surface area contributed by atoms with Gasteiger partial charge in [-0.1, -0.05) is 25.8 Å². The van der Waals surface area contributed by atoms with E-state index in [1.807, 2.05) is 6.08 Å². The number of hydrogen-bond acceptors (Lipinski definition) is 0. The molecule has 0 bridgehead atoms. The molecule has 0 atom stereocenters. The van der Waals surface area contributed by atoms with Crippen molar-refractivity contribution in [3.05, 3.63) is 12.7 Å². The Morgan fingerprint density at radius 1 is 1.00 bits per heavy atom. The average molecular weight is 178 g/mol. The third kappa shape index (κ3) is 11.3. The van der Waals surface area contributed by atoms with Gasteiger partial charge in [-0.2, -0.15) is 0 Å². The second-order valence-corrected chi connectivity index (χ2v) is 3.35. The summed E-state index contributed by atoms with van der Waals surface area (Å²) in [4.78, 5) is 0. The van der Waals surface area contributed by atoms with E-state index in [-0.39, 0.29) is 0 Å². The van der Waals surface area contributed by atoms with Gasteiger partial charge in [0.1, 0.15) is 0 Å². The minimum Gasteiger partial charge on any atom is -0.103 e. The first kappa shape index (κ1) is 12.3. The lowest BCUT2D eigenvalue weighted by atomic mass is 10.1. The van der Waals surface area contributed by atoms with Crippen LogP contribution in [0.25, 0.3) is 0 Å². The molecule has 0 amide bonds. The van der Waals surface area contributed by atoms with Gasteiger partial charge in [0.2, 0.25) is 0 Å². The second kappa shape index (κ2) is 11.3. The third-order valence-electron chi connectivity index (χ3n) is 1.96. The van der Waals surface area contributed by atoms with Crippen molar-refractivity contribution in [2.75, 3.05) is 0 Å². The quantitative estimate of drug-likeness (QED) is 0.309. The SMILES string of the molecule is C=CCCCCCCC#CCCC. The fourth-order valence-electron chi connectivity index (χ4n) is 1.16. The van der Waals surface area contributed by atoms with Crippen LogP contribution in [0.3, 0.4) is 0 Å². The van der Waals surface area contributed by atoms with Gasteiger partial charge in [0.15, 0.2) is 0 Å². The molecule has 13 heavy (non-hydrogen) atoms. The summed E-state index contributed by atoms with van der Waals surface area (Å²) >= 11 is 0. The van der Waals surface area contributed by atoms with Crippen LogP contribution >= 0.6 is 0 Å². The molecule has 0 unspecified atom stereocenters. The second-order valence-electron chi connectivity index (χ2n) is 3.35. The topological polar surface area (TPSA) is 0 Å². The normalized spacial score (nSPS) is 9.00. The molecule has 0 aromatic heterocycles. The van der Waals surface area contributed by atoms with Crippen molar-refractivity contribution in [3.63, 3.8) is 0 Å². The van der Waals surface area contributed by atoms with Gasteiger partial charge < -0.3 is 0 Å². The van der Waals surface area contributed by atoms with E-state index in [0.29, 0.717) is 0 Å². The van der Waals surface area contributed by atoms with Crippen LogP contribution in [0.4, 0.5) is 0 Å². The monoisotopic (exact) mass is 178 g/mol. The van der Waals surface area contributed by atoms with Crippen LogP contribution in [-0.2, 0) is 0 Å². The van der Waals surface area contributed by atoms with E-state index < -0.39 is 0 Å². The first-order valence-electron chi connectivity index (χ1n) is 5.48. The molecule has 0 aliphatic rings. The van der Waals surface area contributed by atoms with E-state index in [4.69, 9.17) is 0 Å². The van der Waals surface area contributed by atoms with Gasteiger partial charge in [-0.3, -0.25) is 0 Å². The van der Waals surface area contributed by atoms with Gasteiger partial charge in [-0.05, 0) is 25.7 Å².